The van der Waals surface area contributed by atoms with Gasteiger partial charge in [-0.2, -0.15) is 0 Å². The van der Waals surface area contributed by atoms with E-state index in [1.807, 2.05) is 0 Å². The molecule has 0 aliphatic carbocycles. The average molecular weight is 140 g/mol. The summed E-state index contributed by atoms with van der Waals surface area (Å²) >= 11 is 0. The van der Waals surface area contributed by atoms with Crippen molar-refractivity contribution in [2.24, 2.45) is 0 Å². The van der Waals surface area contributed by atoms with Crippen LogP contribution in [-0.2, 0) is 0 Å². The Kier molecular flexibility index (Phi) is 1.94. The maximum absolute atomic E-state index is 5.34. The minimum absolute atomic E-state index is 0.398. The molecule has 0 bridgehead atoms. The van der Waals surface area contributed by atoms with Gasteiger partial charge >= 0.3 is 0 Å². The van der Waals surface area contributed by atoms with E-state index in [2.05, 4.69) is 19.0 Å². The molecule has 1 rings (SSSR count). The average Bonchev–Trinajstić information content (AvgIpc) is 2.34. The van der Waals surface area contributed by atoms with Crippen molar-refractivity contribution < 1.29 is 4.52 Å². The summed E-state index contributed by atoms with van der Waals surface area (Å²) in [7, 11) is 0. The highest BCUT2D eigenvalue weighted by atomic mass is 16.5. The molecule has 0 radical (unpaired) electrons. The van der Waals surface area contributed by atoms with Crippen LogP contribution in [0.1, 0.15) is 31.9 Å². The van der Waals surface area contributed by atoms with Crippen molar-refractivity contribution in [2.45, 2.75) is 26.2 Å². The van der Waals surface area contributed by atoms with Crippen molar-refractivity contribution in [1.82, 2.24) is 5.16 Å². The van der Waals surface area contributed by atoms with Gasteiger partial charge < -0.3 is 10.3 Å². The minimum Gasteiger partial charge on any atom is -0.368 e. The molecule has 56 valence electrons. The molecule has 0 fully saturated rings. The highest BCUT2D eigenvalue weighted by Crippen LogP contribution is 2.18. The molecule has 1 aromatic rings. The monoisotopic (exact) mass is 140 g/mol. The van der Waals surface area contributed by atoms with Gasteiger partial charge in [-0.05, 0) is 6.42 Å². The number of rotatable bonds is 2. The van der Waals surface area contributed by atoms with Crippen LogP contribution >= 0.6 is 0 Å². The van der Waals surface area contributed by atoms with Crippen LogP contribution in [-0.4, -0.2) is 5.16 Å². The predicted molar refractivity (Wildman–Crippen MR) is 39.6 cm³/mol. The molecule has 0 spiro atoms. The van der Waals surface area contributed by atoms with Gasteiger partial charge in [0.1, 0.15) is 0 Å². The van der Waals surface area contributed by atoms with Crippen LogP contribution in [0.15, 0.2) is 10.6 Å². The summed E-state index contributed by atoms with van der Waals surface area (Å²) in [5.41, 5.74) is 6.29. The van der Waals surface area contributed by atoms with Gasteiger partial charge in [-0.1, -0.05) is 19.0 Å². The standard InChI is InChI=1S/C7H12N2O/c1-3-5(2)6-4-7(8)10-9-6/h4-5H,3,8H2,1-2H3/t5-/m1/s1. The van der Waals surface area contributed by atoms with Gasteiger partial charge in [0, 0.05) is 12.0 Å². The zero-order chi connectivity index (χ0) is 7.56. The van der Waals surface area contributed by atoms with E-state index in [-0.39, 0.29) is 0 Å². The molecule has 0 saturated heterocycles. The predicted octanol–water partition coefficient (Wildman–Crippen LogP) is 1.77. The summed E-state index contributed by atoms with van der Waals surface area (Å²) in [6.07, 6.45) is 1.06. The molecule has 0 aliphatic rings. The first-order valence-electron chi connectivity index (χ1n) is 3.46. The van der Waals surface area contributed by atoms with E-state index in [1.165, 1.54) is 0 Å². The summed E-state index contributed by atoms with van der Waals surface area (Å²) < 4.78 is 4.72. The van der Waals surface area contributed by atoms with E-state index in [1.54, 1.807) is 6.07 Å². The Hall–Kier alpha value is -0.990. The van der Waals surface area contributed by atoms with Crippen LogP contribution < -0.4 is 5.73 Å². The molecular formula is C7H12N2O. The molecule has 3 heteroatoms. The highest BCUT2D eigenvalue weighted by molar-refractivity contribution is 5.25. The smallest absolute Gasteiger partial charge is 0.222 e. The second-order valence-corrected chi connectivity index (χ2v) is 2.46. The lowest BCUT2D eigenvalue weighted by Crippen LogP contribution is -1.89. The maximum atomic E-state index is 5.34. The van der Waals surface area contributed by atoms with E-state index >= 15 is 0 Å². The first-order valence-corrected chi connectivity index (χ1v) is 3.46. The summed E-state index contributed by atoms with van der Waals surface area (Å²) in [6, 6.07) is 1.77. The van der Waals surface area contributed by atoms with Gasteiger partial charge in [-0.25, -0.2) is 0 Å². The quantitative estimate of drug-likeness (QED) is 0.681. The molecule has 2 N–H and O–H groups in total. The van der Waals surface area contributed by atoms with Crippen LogP contribution in [0.3, 0.4) is 0 Å². The summed E-state index contributed by atoms with van der Waals surface area (Å²) in [5, 5.41) is 3.79. The molecule has 0 amide bonds. The molecule has 1 atom stereocenters. The van der Waals surface area contributed by atoms with E-state index in [9.17, 15) is 0 Å². The summed E-state index contributed by atoms with van der Waals surface area (Å²) in [5.74, 6) is 0.844. The lowest BCUT2D eigenvalue weighted by Gasteiger charge is -1.99. The first-order chi connectivity index (χ1) is 4.74. The van der Waals surface area contributed by atoms with Gasteiger partial charge in [0.2, 0.25) is 5.88 Å². The molecular weight excluding hydrogens is 128 g/mol. The van der Waals surface area contributed by atoms with Crippen LogP contribution in [0.5, 0.6) is 0 Å². The Labute approximate surface area is 60.2 Å². The van der Waals surface area contributed by atoms with Crippen LogP contribution in [0.2, 0.25) is 0 Å². The van der Waals surface area contributed by atoms with E-state index in [4.69, 9.17) is 10.3 Å². The fourth-order valence-corrected chi connectivity index (χ4v) is 0.745. The number of hydrogen-bond donors (Lipinski definition) is 1. The van der Waals surface area contributed by atoms with Gasteiger partial charge in [0.05, 0.1) is 5.69 Å². The minimum atomic E-state index is 0.398. The second-order valence-electron chi connectivity index (χ2n) is 2.46. The number of anilines is 1. The van der Waals surface area contributed by atoms with Crippen molar-refractivity contribution >= 4 is 5.88 Å². The van der Waals surface area contributed by atoms with E-state index in [0.29, 0.717) is 11.8 Å². The molecule has 0 aliphatic heterocycles. The van der Waals surface area contributed by atoms with Gasteiger partial charge in [0.25, 0.3) is 0 Å². The Morgan fingerprint density at radius 1 is 1.80 bits per heavy atom. The highest BCUT2D eigenvalue weighted by Gasteiger charge is 2.06. The molecule has 10 heavy (non-hydrogen) atoms. The molecule has 3 nitrogen and oxygen atoms in total. The van der Waals surface area contributed by atoms with Gasteiger partial charge in [-0.3, -0.25) is 0 Å². The van der Waals surface area contributed by atoms with E-state index in [0.717, 1.165) is 12.1 Å². The number of nitrogens with two attached hydrogens (primary N) is 1. The van der Waals surface area contributed by atoms with Gasteiger partial charge in [0.15, 0.2) is 0 Å². The molecule has 0 aromatic carbocycles. The second kappa shape index (κ2) is 2.73. The number of nitrogens with zero attached hydrogens (tertiary/aromatic N) is 1. The zero-order valence-electron chi connectivity index (χ0n) is 6.29. The third-order valence-electron chi connectivity index (χ3n) is 1.66. The lowest BCUT2D eigenvalue weighted by atomic mass is 10.1. The molecule has 0 unspecified atom stereocenters. The third-order valence-corrected chi connectivity index (χ3v) is 1.66. The van der Waals surface area contributed by atoms with Crippen LogP contribution in [0, 0.1) is 0 Å². The first kappa shape index (κ1) is 7.12. The van der Waals surface area contributed by atoms with Crippen LogP contribution in [0.4, 0.5) is 5.88 Å². The van der Waals surface area contributed by atoms with Crippen molar-refractivity contribution in [3.63, 3.8) is 0 Å². The Balaban J connectivity index is 2.74. The summed E-state index contributed by atoms with van der Waals surface area (Å²) in [6.45, 7) is 4.20. The SMILES string of the molecule is CC[C@@H](C)c1cc(N)on1. The van der Waals surface area contributed by atoms with E-state index < -0.39 is 0 Å². The normalized spacial score (nSPS) is 13.4. The van der Waals surface area contributed by atoms with Crippen molar-refractivity contribution in [3.8, 4) is 0 Å². The lowest BCUT2D eigenvalue weighted by molar-refractivity contribution is 0.421. The van der Waals surface area contributed by atoms with Crippen molar-refractivity contribution in [1.29, 1.82) is 0 Å². The van der Waals surface area contributed by atoms with Crippen molar-refractivity contribution in [2.75, 3.05) is 5.73 Å². The Morgan fingerprint density at radius 3 is 2.90 bits per heavy atom. The molecule has 0 saturated carbocycles. The fourth-order valence-electron chi connectivity index (χ4n) is 0.745. The third kappa shape index (κ3) is 1.29. The van der Waals surface area contributed by atoms with Crippen LogP contribution in [0.25, 0.3) is 0 Å². The van der Waals surface area contributed by atoms with Gasteiger partial charge in [-0.15, -0.1) is 0 Å². The maximum Gasteiger partial charge on any atom is 0.222 e. The molecule has 1 heterocycles. The Bertz CT molecular complexity index is 207. The molecule has 1 aromatic heterocycles. The number of aromatic nitrogens is 1. The topological polar surface area (TPSA) is 52.0 Å². The fraction of sp³-hybridized carbons (Fsp3) is 0.571. The zero-order valence-corrected chi connectivity index (χ0v) is 6.29. The largest absolute Gasteiger partial charge is 0.368 e. The summed E-state index contributed by atoms with van der Waals surface area (Å²) in [4.78, 5) is 0. The van der Waals surface area contributed by atoms with Crippen molar-refractivity contribution in [3.05, 3.63) is 11.8 Å². The number of nitrogen functional groups attached to an aromatic ring is 1. The Morgan fingerprint density at radius 2 is 2.50 bits per heavy atom. The number of hydrogen-bond acceptors (Lipinski definition) is 3.